The van der Waals surface area contributed by atoms with Crippen LogP contribution in [0.3, 0.4) is 0 Å². The van der Waals surface area contributed by atoms with Crippen LogP contribution >= 0.6 is 11.6 Å². The Morgan fingerprint density at radius 2 is 1.94 bits per heavy atom. The predicted octanol–water partition coefficient (Wildman–Crippen LogP) is 2.30. The normalized spacial score (nSPS) is 28.5. The molecule has 16 heavy (non-hydrogen) atoms. The molecule has 0 radical (unpaired) electrons. The first-order valence-electron chi connectivity index (χ1n) is 5.96. The van der Waals surface area contributed by atoms with E-state index in [-0.39, 0.29) is 0 Å². The first-order chi connectivity index (χ1) is 7.74. The minimum atomic E-state index is 0.832. The quantitative estimate of drug-likeness (QED) is 0.805. The van der Waals surface area contributed by atoms with Gasteiger partial charge in [-0.25, -0.2) is 0 Å². The highest BCUT2D eigenvalue weighted by Crippen LogP contribution is 2.33. The molecule has 3 rings (SSSR count). The Kier molecular flexibility index (Phi) is 2.56. The number of rotatable bonds is 1. The number of aryl methyl sites for hydroxylation is 1. The summed E-state index contributed by atoms with van der Waals surface area (Å²) in [6, 6.07) is 6.19. The second-order valence-corrected chi connectivity index (χ2v) is 5.45. The van der Waals surface area contributed by atoms with Crippen molar-refractivity contribution in [2.45, 2.75) is 6.92 Å². The summed E-state index contributed by atoms with van der Waals surface area (Å²) in [5.74, 6) is 1.66. The molecular weight excluding hydrogens is 220 g/mol. The molecule has 0 bridgehead atoms. The van der Waals surface area contributed by atoms with E-state index in [1.165, 1.54) is 37.4 Å². The number of benzene rings is 1. The van der Waals surface area contributed by atoms with E-state index in [0.717, 1.165) is 16.9 Å². The lowest BCUT2D eigenvalue weighted by Gasteiger charge is -2.22. The number of anilines is 1. The molecule has 0 amide bonds. The van der Waals surface area contributed by atoms with Crippen LogP contribution in [0, 0.1) is 18.8 Å². The predicted molar refractivity (Wildman–Crippen MR) is 68.3 cm³/mol. The Morgan fingerprint density at radius 3 is 2.62 bits per heavy atom. The highest BCUT2D eigenvalue weighted by Gasteiger charge is 2.36. The number of hydrogen-bond donors (Lipinski definition) is 1. The number of nitrogens with one attached hydrogen (secondary N) is 1. The molecule has 2 saturated heterocycles. The topological polar surface area (TPSA) is 15.3 Å². The van der Waals surface area contributed by atoms with Gasteiger partial charge in [-0.15, -0.1) is 0 Å². The zero-order chi connectivity index (χ0) is 11.1. The van der Waals surface area contributed by atoms with Gasteiger partial charge in [0.05, 0.1) is 0 Å². The van der Waals surface area contributed by atoms with Crippen LogP contribution in [0.1, 0.15) is 5.56 Å². The van der Waals surface area contributed by atoms with Gasteiger partial charge in [0.25, 0.3) is 0 Å². The SMILES string of the molecule is Cc1ccc(Cl)cc1N1CC2CNCC2C1. The number of halogens is 1. The van der Waals surface area contributed by atoms with Crippen molar-refractivity contribution < 1.29 is 0 Å². The molecule has 2 nitrogen and oxygen atoms in total. The number of fused-ring (bicyclic) bond motifs is 1. The van der Waals surface area contributed by atoms with Crippen LogP contribution < -0.4 is 10.2 Å². The van der Waals surface area contributed by atoms with Gasteiger partial charge in [-0.1, -0.05) is 17.7 Å². The molecule has 1 aromatic rings. The average Bonchev–Trinajstić information content (AvgIpc) is 2.81. The Balaban J connectivity index is 1.85. The van der Waals surface area contributed by atoms with Crippen LogP contribution in [-0.4, -0.2) is 26.2 Å². The van der Waals surface area contributed by atoms with Crippen molar-refractivity contribution in [2.24, 2.45) is 11.8 Å². The fourth-order valence-corrected chi connectivity index (χ4v) is 3.14. The average molecular weight is 237 g/mol. The minimum Gasteiger partial charge on any atom is -0.371 e. The summed E-state index contributed by atoms with van der Waals surface area (Å²) in [5, 5.41) is 4.31. The molecule has 2 heterocycles. The van der Waals surface area contributed by atoms with Gasteiger partial charge >= 0.3 is 0 Å². The van der Waals surface area contributed by atoms with Crippen LogP contribution in [0.4, 0.5) is 5.69 Å². The molecular formula is C13H17ClN2. The maximum absolute atomic E-state index is 6.08. The van der Waals surface area contributed by atoms with Gasteiger partial charge in [-0.3, -0.25) is 0 Å². The number of nitrogens with zero attached hydrogens (tertiary/aromatic N) is 1. The standard InChI is InChI=1S/C13H17ClN2/c1-9-2-3-12(14)4-13(9)16-7-10-5-15-6-11(10)8-16/h2-4,10-11,15H,5-8H2,1H3. The van der Waals surface area contributed by atoms with E-state index in [0.29, 0.717) is 0 Å². The molecule has 0 saturated carbocycles. The van der Waals surface area contributed by atoms with E-state index in [4.69, 9.17) is 11.6 Å². The van der Waals surface area contributed by atoms with Crippen LogP contribution in [0.15, 0.2) is 18.2 Å². The summed E-state index contributed by atoms with van der Waals surface area (Å²) < 4.78 is 0. The van der Waals surface area contributed by atoms with Gasteiger partial charge < -0.3 is 10.2 Å². The zero-order valence-electron chi connectivity index (χ0n) is 9.54. The molecule has 2 unspecified atom stereocenters. The molecule has 0 aromatic heterocycles. The molecule has 1 aromatic carbocycles. The monoisotopic (exact) mass is 236 g/mol. The van der Waals surface area contributed by atoms with E-state index in [1.807, 2.05) is 6.07 Å². The lowest BCUT2D eigenvalue weighted by molar-refractivity contribution is 0.533. The highest BCUT2D eigenvalue weighted by molar-refractivity contribution is 6.30. The van der Waals surface area contributed by atoms with Crippen molar-refractivity contribution in [3.8, 4) is 0 Å². The lowest BCUT2D eigenvalue weighted by atomic mass is 10.0. The van der Waals surface area contributed by atoms with Crippen molar-refractivity contribution in [2.75, 3.05) is 31.1 Å². The molecule has 2 atom stereocenters. The summed E-state index contributed by atoms with van der Waals surface area (Å²) in [6.45, 7) is 6.89. The van der Waals surface area contributed by atoms with Crippen molar-refractivity contribution in [3.63, 3.8) is 0 Å². The van der Waals surface area contributed by atoms with E-state index < -0.39 is 0 Å². The zero-order valence-corrected chi connectivity index (χ0v) is 10.3. The van der Waals surface area contributed by atoms with Crippen LogP contribution in [0.5, 0.6) is 0 Å². The van der Waals surface area contributed by atoms with E-state index in [1.54, 1.807) is 0 Å². The molecule has 2 fully saturated rings. The summed E-state index contributed by atoms with van der Waals surface area (Å²) in [6.07, 6.45) is 0. The van der Waals surface area contributed by atoms with Gasteiger partial charge in [-0.2, -0.15) is 0 Å². The van der Waals surface area contributed by atoms with Crippen molar-refractivity contribution >= 4 is 17.3 Å². The molecule has 2 aliphatic rings. The minimum absolute atomic E-state index is 0.832. The second kappa shape index (κ2) is 3.94. The van der Waals surface area contributed by atoms with Crippen LogP contribution in [0.25, 0.3) is 0 Å². The molecule has 3 heteroatoms. The molecule has 0 aliphatic carbocycles. The third-order valence-electron chi connectivity index (χ3n) is 3.90. The summed E-state index contributed by atoms with van der Waals surface area (Å²) in [7, 11) is 0. The largest absolute Gasteiger partial charge is 0.371 e. The third-order valence-corrected chi connectivity index (χ3v) is 4.14. The summed E-state index contributed by atoms with van der Waals surface area (Å²) in [5.41, 5.74) is 2.65. The Bertz CT molecular complexity index is 393. The first-order valence-corrected chi connectivity index (χ1v) is 6.33. The van der Waals surface area contributed by atoms with Crippen LogP contribution in [0.2, 0.25) is 5.02 Å². The highest BCUT2D eigenvalue weighted by atomic mass is 35.5. The van der Waals surface area contributed by atoms with E-state index in [2.05, 4.69) is 29.3 Å². The van der Waals surface area contributed by atoms with Crippen LogP contribution in [-0.2, 0) is 0 Å². The van der Waals surface area contributed by atoms with Gasteiger partial charge in [0.1, 0.15) is 0 Å². The fraction of sp³-hybridized carbons (Fsp3) is 0.538. The van der Waals surface area contributed by atoms with Crippen molar-refractivity contribution in [3.05, 3.63) is 28.8 Å². The van der Waals surface area contributed by atoms with Crippen molar-refractivity contribution in [1.82, 2.24) is 5.32 Å². The molecule has 86 valence electrons. The van der Waals surface area contributed by atoms with Gasteiger partial charge in [0.2, 0.25) is 0 Å². The van der Waals surface area contributed by atoms with Gasteiger partial charge in [-0.05, 0) is 36.5 Å². The van der Waals surface area contributed by atoms with E-state index in [9.17, 15) is 0 Å². The lowest BCUT2D eigenvalue weighted by Crippen LogP contribution is -2.25. The maximum Gasteiger partial charge on any atom is 0.0426 e. The van der Waals surface area contributed by atoms with E-state index >= 15 is 0 Å². The Labute approximate surface area is 102 Å². The first kappa shape index (κ1) is 10.4. The summed E-state index contributed by atoms with van der Waals surface area (Å²) >= 11 is 6.08. The Morgan fingerprint density at radius 1 is 1.25 bits per heavy atom. The fourth-order valence-electron chi connectivity index (χ4n) is 2.98. The third kappa shape index (κ3) is 1.70. The second-order valence-electron chi connectivity index (χ2n) is 5.01. The molecule has 2 aliphatic heterocycles. The summed E-state index contributed by atoms with van der Waals surface area (Å²) in [4.78, 5) is 2.50. The van der Waals surface area contributed by atoms with Crippen molar-refractivity contribution in [1.29, 1.82) is 0 Å². The molecule has 0 spiro atoms. The maximum atomic E-state index is 6.08. The van der Waals surface area contributed by atoms with Gasteiger partial charge in [0.15, 0.2) is 0 Å². The number of hydrogen-bond acceptors (Lipinski definition) is 2. The van der Waals surface area contributed by atoms with Gasteiger partial charge in [0, 0.05) is 36.9 Å². The molecule has 1 N–H and O–H groups in total. The smallest absolute Gasteiger partial charge is 0.0426 e. The Hall–Kier alpha value is -0.730.